The molecule has 8 heteroatoms. The first-order chi connectivity index (χ1) is 8.20. The minimum Gasteiger partial charge on any atom is -0.515 e. The summed E-state index contributed by atoms with van der Waals surface area (Å²) in [6.45, 7) is -0.165. The fourth-order valence-corrected chi connectivity index (χ4v) is 0.771. The summed E-state index contributed by atoms with van der Waals surface area (Å²) >= 11 is 0. The minimum atomic E-state index is -4.30. The van der Waals surface area contributed by atoms with Crippen LogP contribution in [0.25, 0.3) is 0 Å². The molecule has 0 atom stereocenters. The molecule has 0 aliphatic carbocycles. The highest BCUT2D eigenvalue weighted by molar-refractivity contribution is 6.08. The van der Waals surface area contributed by atoms with Crippen LogP contribution in [0.4, 0.5) is 17.6 Å². The number of aliphatic hydroxyl groups excluding tert-OH is 1. The average molecular weight is 269 g/mol. The Hall–Kier alpha value is -1.86. The number of rotatable bonds is 6. The van der Waals surface area contributed by atoms with Gasteiger partial charge >= 0.3 is 18.3 Å². The Morgan fingerprint density at radius 3 is 2.39 bits per heavy atom. The predicted molar refractivity (Wildman–Crippen MR) is 56.4 cm³/mol. The van der Waals surface area contributed by atoms with Gasteiger partial charge in [-0.2, -0.15) is 8.78 Å². The Balaban J connectivity index is 4.83. The van der Waals surface area contributed by atoms with Gasteiger partial charge in [-0.15, -0.1) is 0 Å². The minimum absolute atomic E-state index is 0.138. The van der Waals surface area contributed by atoms with Gasteiger partial charge < -0.3 is 10.2 Å². The van der Waals surface area contributed by atoms with Crippen molar-refractivity contribution in [3.05, 3.63) is 23.5 Å². The molecule has 0 saturated carbocycles. The number of alkyl halides is 4. The second-order valence-corrected chi connectivity index (χ2v) is 3.31. The SMILES string of the molecule is CC(=C\O)/C=C(\C=N/CC(F)(F)C(F)F)C(=O)O. The molecular weight excluding hydrogens is 258 g/mol. The number of halogens is 4. The number of aliphatic carboxylic acids is 1. The first kappa shape index (κ1) is 16.1. The summed E-state index contributed by atoms with van der Waals surface area (Å²) in [6, 6.07) is 0. The Morgan fingerprint density at radius 2 is 2.00 bits per heavy atom. The van der Waals surface area contributed by atoms with Crippen molar-refractivity contribution in [3.63, 3.8) is 0 Å². The van der Waals surface area contributed by atoms with Crippen LogP contribution in [-0.2, 0) is 4.79 Å². The van der Waals surface area contributed by atoms with E-state index in [1.165, 1.54) is 6.92 Å². The fourth-order valence-electron chi connectivity index (χ4n) is 0.771. The summed E-state index contributed by atoms with van der Waals surface area (Å²) in [6.07, 6.45) is -1.78. The van der Waals surface area contributed by atoms with E-state index in [0.717, 1.165) is 6.08 Å². The second-order valence-electron chi connectivity index (χ2n) is 3.31. The average Bonchev–Trinajstić information content (AvgIpc) is 2.26. The van der Waals surface area contributed by atoms with Crippen molar-refractivity contribution in [1.29, 1.82) is 0 Å². The number of nitrogens with zero attached hydrogens (tertiary/aromatic N) is 1. The van der Waals surface area contributed by atoms with Gasteiger partial charge in [0.1, 0.15) is 6.54 Å². The largest absolute Gasteiger partial charge is 0.515 e. The van der Waals surface area contributed by atoms with Crippen molar-refractivity contribution in [1.82, 2.24) is 0 Å². The summed E-state index contributed by atoms with van der Waals surface area (Å²) in [5.41, 5.74) is -0.373. The Labute approximate surface area is 100.0 Å². The van der Waals surface area contributed by atoms with Crippen LogP contribution in [-0.4, -0.2) is 41.3 Å². The molecule has 0 aromatic rings. The molecule has 0 bridgehead atoms. The third-order valence-corrected chi connectivity index (χ3v) is 1.69. The van der Waals surface area contributed by atoms with Crippen LogP contribution in [0.2, 0.25) is 0 Å². The van der Waals surface area contributed by atoms with Crippen LogP contribution < -0.4 is 0 Å². The van der Waals surface area contributed by atoms with Crippen LogP contribution in [0.15, 0.2) is 28.5 Å². The van der Waals surface area contributed by atoms with E-state index in [4.69, 9.17) is 10.2 Å². The van der Waals surface area contributed by atoms with E-state index in [9.17, 15) is 22.4 Å². The van der Waals surface area contributed by atoms with Crippen LogP contribution in [0.5, 0.6) is 0 Å². The lowest BCUT2D eigenvalue weighted by Gasteiger charge is -2.11. The first-order valence-electron chi connectivity index (χ1n) is 4.62. The number of hydrogen-bond donors (Lipinski definition) is 2. The molecule has 0 rings (SSSR count). The Kier molecular flexibility index (Phi) is 6.07. The summed E-state index contributed by atoms with van der Waals surface area (Å²) in [5, 5.41) is 17.2. The van der Waals surface area contributed by atoms with Crippen molar-refractivity contribution < 1.29 is 32.6 Å². The van der Waals surface area contributed by atoms with Gasteiger partial charge in [-0.05, 0) is 18.6 Å². The fraction of sp³-hybridized carbons (Fsp3) is 0.400. The molecule has 0 aromatic heterocycles. The van der Waals surface area contributed by atoms with Crippen molar-refractivity contribution in [3.8, 4) is 0 Å². The van der Waals surface area contributed by atoms with E-state index in [2.05, 4.69) is 4.99 Å². The second kappa shape index (κ2) is 6.77. The zero-order valence-corrected chi connectivity index (χ0v) is 9.28. The molecule has 0 spiro atoms. The normalized spacial score (nSPS) is 14.6. The number of aliphatic imine (C=N–C) groups is 1. The standard InChI is InChI=1S/C10H11F4NO3/c1-6(4-16)2-7(8(17)18)3-15-5-10(13,14)9(11)12/h2-4,9,16H,5H2,1H3,(H,17,18)/b6-4+,7-2+,15-3-. The summed E-state index contributed by atoms with van der Waals surface area (Å²) in [7, 11) is 0. The number of carboxylic acids is 1. The predicted octanol–water partition coefficient (Wildman–Crippen LogP) is 2.43. The first-order valence-corrected chi connectivity index (χ1v) is 4.62. The quantitative estimate of drug-likeness (QED) is 0.256. The molecule has 0 radical (unpaired) electrons. The summed E-state index contributed by atoms with van der Waals surface area (Å²) in [4.78, 5) is 13.6. The highest BCUT2D eigenvalue weighted by Crippen LogP contribution is 2.22. The zero-order chi connectivity index (χ0) is 14.3. The lowest BCUT2D eigenvalue weighted by Crippen LogP contribution is -2.30. The van der Waals surface area contributed by atoms with E-state index in [-0.39, 0.29) is 5.57 Å². The molecule has 18 heavy (non-hydrogen) atoms. The maximum Gasteiger partial charge on any atom is 0.337 e. The summed E-state index contributed by atoms with van der Waals surface area (Å²) < 4.78 is 48.4. The van der Waals surface area contributed by atoms with Crippen LogP contribution >= 0.6 is 0 Å². The third-order valence-electron chi connectivity index (χ3n) is 1.69. The van der Waals surface area contributed by atoms with Crippen LogP contribution in [0.1, 0.15) is 6.92 Å². The molecule has 0 saturated heterocycles. The molecule has 0 aromatic carbocycles. The third kappa shape index (κ3) is 5.46. The van der Waals surface area contributed by atoms with Gasteiger partial charge in [0.25, 0.3) is 0 Å². The topological polar surface area (TPSA) is 69.9 Å². The van der Waals surface area contributed by atoms with Gasteiger partial charge in [0, 0.05) is 6.21 Å². The van der Waals surface area contributed by atoms with Gasteiger partial charge in [0.2, 0.25) is 0 Å². The molecule has 0 amide bonds. The van der Waals surface area contributed by atoms with Gasteiger partial charge in [-0.3, -0.25) is 4.99 Å². The van der Waals surface area contributed by atoms with E-state index in [0.29, 0.717) is 12.5 Å². The van der Waals surface area contributed by atoms with E-state index < -0.39 is 30.4 Å². The molecule has 102 valence electrons. The molecule has 0 heterocycles. The van der Waals surface area contributed by atoms with Crippen molar-refractivity contribution in [2.75, 3.05) is 6.54 Å². The van der Waals surface area contributed by atoms with Crippen molar-refractivity contribution in [2.24, 2.45) is 4.99 Å². The van der Waals surface area contributed by atoms with E-state index in [1.807, 2.05) is 0 Å². The molecule has 0 aliphatic heterocycles. The lowest BCUT2D eigenvalue weighted by molar-refractivity contribution is -0.132. The van der Waals surface area contributed by atoms with Crippen LogP contribution in [0, 0.1) is 0 Å². The highest BCUT2D eigenvalue weighted by Gasteiger charge is 2.40. The smallest absolute Gasteiger partial charge is 0.337 e. The van der Waals surface area contributed by atoms with Crippen molar-refractivity contribution >= 4 is 12.2 Å². The molecule has 0 fully saturated rings. The number of carbonyl (C=O) groups is 1. The number of allylic oxidation sites excluding steroid dienone is 2. The monoisotopic (exact) mass is 269 g/mol. The number of aliphatic hydroxyl groups is 1. The van der Waals surface area contributed by atoms with E-state index >= 15 is 0 Å². The lowest BCUT2D eigenvalue weighted by atomic mass is 10.2. The highest BCUT2D eigenvalue weighted by atomic mass is 19.3. The van der Waals surface area contributed by atoms with Gasteiger partial charge in [0.15, 0.2) is 0 Å². The van der Waals surface area contributed by atoms with Gasteiger partial charge in [-0.1, -0.05) is 0 Å². The van der Waals surface area contributed by atoms with Crippen molar-refractivity contribution in [2.45, 2.75) is 19.3 Å². The maximum atomic E-state index is 12.4. The van der Waals surface area contributed by atoms with Crippen LogP contribution in [0.3, 0.4) is 0 Å². The number of hydrogen-bond acceptors (Lipinski definition) is 3. The molecule has 0 unspecified atom stereocenters. The summed E-state index contributed by atoms with van der Waals surface area (Å²) in [5.74, 6) is -5.79. The number of carboxylic acid groups (broad SMARTS) is 1. The molecule has 4 nitrogen and oxygen atoms in total. The Bertz CT molecular complexity index is 389. The molecular formula is C10H11F4NO3. The van der Waals surface area contributed by atoms with Gasteiger partial charge in [0.05, 0.1) is 11.8 Å². The van der Waals surface area contributed by atoms with Gasteiger partial charge in [-0.25, -0.2) is 13.6 Å². The Morgan fingerprint density at radius 1 is 1.44 bits per heavy atom. The maximum absolute atomic E-state index is 12.4. The van der Waals surface area contributed by atoms with E-state index in [1.54, 1.807) is 0 Å². The molecule has 2 N–H and O–H groups in total. The molecule has 0 aliphatic rings. The zero-order valence-electron chi connectivity index (χ0n) is 9.28.